The van der Waals surface area contributed by atoms with Crippen LogP contribution in [-0.2, 0) is 0 Å². The van der Waals surface area contributed by atoms with Gasteiger partial charge in [0.05, 0.1) is 0 Å². The van der Waals surface area contributed by atoms with Gasteiger partial charge in [0.15, 0.2) is 0 Å². The molecule has 20 heavy (non-hydrogen) atoms. The summed E-state index contributed by atoms with van der Waals surface area (Å²) in [6, 6.07) is 16.6. The van der Waals surface area contributed by atoms with Crippen LogP contribution in [0.5, 0.6) is 11.5 Å². The highest BCUT2D eigenvalue weighted by Crippen LogP contribution is 2.30. The van der Waals surface area contributed by atoms with Crippen LogP contribution in [-0.4, -0.2) is 6.54 Å². The second kappa shape index (κ2) is 7.11. The Hall–Kier alpha value is -1.80. The van der Waals surface area contributed by atoms with Crippen molar-refractivity contribution >= 4 is 0 Å². The molecular formula is C18H23NO. The first kappa shape index (κ1) is 14.6. The van der Waals surface area contributed by atoms with Crippen LogP contribution < -0.4 is 10.1 Å². The van der Waals surface area contributed by atoms with Gasteiger partial charge in [0.1, 0.15) is 11.5 Å². The molecule has 0 bridgehead atoms. The zero-order valence-electron chi connectivity index (χ0n) is 12.5. The van der Waals surface area contributed by atoms with Gasteiger partial charge in [0.25, 0.3) is 0 Å². The Labute approximate surface area is 121 Å². The predicted molar refractivity (Wildman–Crippen MR) is 84.4 cm³/mol. The number of hydrogen-bond donors (Lipinski definition) is 1. The van der Waals surface area contributed by atoms with Crippen LogP contribution >= 0.6 is 0 Å². The molecular weight excluding hydrogens is 246 g/mol. The quantitative estimate of drug-likeness (QED) is 0.809. The summed E-state index contributed by atoms with van der Waals surface area (Å²) in [5, 5.41) is 3.51. The SMILES string of the molecule is CCCNC(C)c1ccccc1Oc1ccccc1C. The minimum absolute atomic E-state index is 0.287. The summed E-state index contributed by atoms with van der Waals surface area (Å²) >= 11 is 0. The monoisotopic (exact) mass is 269 g/mol. The van der Waals surface area contributed by atoms with Crippen molar-refractivity contribution in [3.63, 3.8) is 0 Å². The molecule has 2 rings (SSSR count). The molecule has 1 unspecified atom stereocenters. The lowest BCUT2D eigenvalue weighted by Crippen LogP contribution is -2.19. The van der Waals surface area contributed by atoms with Gasteiger partial charge in [-0.05, 0) is 44.5 Å². The second-order valence-corrected chi connectivity index (χ2v) is 5.08. The fourth-order valence-electron chi connectivity index (χ4n) is 2.19. The van der Waals surface area contributed by atoms with E-state index in [1.165, 1.54) is 5.56 Å². The van der Waals surface area contributed by atoms with Gasteiger partial charge in [0.2, 0.25) is 0 Å². The topological polar surface area (TPSA) is 21.3 Å². The zero-order valence-corrected chi connectivity index (χ0v) is 12.5. The van der Waals surface area contributed by atoms with E-state index in [1.54, 1.807) is 0 Å². The van der Waals surface area contributed by atoms with Crippen LogP contribution in [0, 0.1) is 6.92 Å². The van der Waals surface area contributed by atoms with Crippen LogP contribution in [0.15, 0.2) is 48.5 Å². The Morgan fingerprint density at radius 3 is 2.35 bits per heavy atom. The lowest BCUT2D eigenvalue weighted by molar-refractivity contribution is 0.458. The molecule has 0 aliphatic rings. The van der Waals surface area contributed by atoms with Gasteiger partial charge in [0, 0.05) is 11.6 Å². The lowest BCUT2D eigenvalue weighted by Gasteiger charge is -2.18. The molecule has 0 aromatic heterocycles. The van der Waals surface area contributed by atoms with Crippen molar-refractivity contribution in [2.75, 3.05) is 6.54 Å². The van der Waals surface area contributed by atoms with E-state index in [-0.39, 0.29) is 6.04 Å². The molecule has 0 aliphatic heterocycles. The lowest BCUT2D eigenvalue weighted by atomic mass is 10.1. The second-order valence-electron chi connectivity index (χ2n) is 5.08. The highest BCUT2D eigenvalue weighted by Gasteiger charge is 2.11. The molecule has 1 N–H and O–H groups in total. The Morgan fingerprint density at radius 1 is 1.00 bits per heavy atom. The van der Waals surface area contributed by atoms with Gasteiger partial charge in [-0.2, -0.15) is 0 Å². The predicted octanol–water partition coefficient (Wildman–Crippen LogP) is 4.85. The third kappa shape index (κ3) is 3.61. The van der Waals surface area contributed by atoms with Crippen LogP contribution in [0.4, 0.5) is 0 Å². The molecule has 0 saturated carbocycles. The molecule has 2 heteroatoms. The Morgan fingerprint density at radius 2 is 1.65 bits per heavy atom. The number of hydrogen-bond acceptors (Lipinski definition) is 2. The third-order valence-corrected chi connectivity index (χ3v) is 3.40. The van der Waals surface area contributed by atoms with Crippen molar-refractivity contribution in [3.8, 4) is 11.5 Å². The highest BCUT2D eigenvalue weighted by atomic mass is 16.5. The Balaban J connectivity index is 2.22. The molecule has 0 saturated heterocycles. The van der Waals surface area contributed by atoms with Gasteiger partial charge >= 0.3 is 0 Å². The minimum Gasteiger partial charge on any atom is -0.457 e. The number of benzene rings is 2. The summed E-state index contributed by atoms with van der Waals surface area (Å²) in [6.45, 7) is 7.43. The molecule has 0 amide bonds. The summed E-state index contributed by atoms with van der Waals surface area (Å²) < 4.78 is 6.10. The smallest absolute Gasteiger partial charge is 0.132 e. The van der Waals surface area contributed by atoms with Gasteiger partial charge in [-0.1, -0.05) is 43.3 Å². The maximum atomic E-state index is 6.10. The molecule has 0 fully saturated rings. The number of ether oxygens (including phenoxy) is 1. The number of nitrogens with one attached hydrogen (secondary N) is 1. The van der Waals surface area contributed by atoms with Gasteiger partial charge in [-0.25, -0.2) is 0 Å². The fourth-order valence-corrected chi connectivity index (χ4v) is 2.19. The molecule has 2 aromatic rings. The fraction of sp³-hybridized carbons (Fsp3) is 0.333. The van der Waals surface area contributed by atoms with E-state index in [9.17, 15) is 0 Å². The van der Waals surface area contributed by atoms with Crippen molar-refractivity contribution < 1.29 is 4.74 Å². The molecule has 0 aliphatic carbocycles. The molecule has 0 spiro atoms. The van der Waals surface area contributed by atoms with E-state index in [4.69, 9.17) is 4.74 Å². The Kier molecular flexibility index (Phi) is 5.19. The van der Waals surface area contributed by atoms with Crippen LogP contribution in [0.1, 0.15) is 37.4 Å². The summed E-state index contributed by atoms with van der Waals surface area (Å²) in [6.07, 6.45) is 1.13. The van der Waals surface area contributed by atoms with Crippen molar-refractivity contribution in [1.82, 2.24) is 5.32 Å². The van der Waals surface area contributed by atoms with Crippen LogP contribution in [0.25, 0.3) is 0 Å². The maximum Gasteiger partial charge on any atom is 0.132 e. The van der Waals surface area contributed by atoms with Crippen molar-refractivity contribution in [2.24, 2.45) is 0 Å². The van der Waals surface area contributed by atoms with E-state index in [0.29, 0.717) is 0 Å². The first-order valence-electron chi connectivity index (χ1n) is 7.28. The van der Waals surface area contributed by atoms with Crippen LogP contribution in [0.3, 0.4) is 0 Å². The van der Waals surface area contributed by atoms with Crippen molar-refractivity contribution in [2.45, 2.75) is 33.2 Å². The summed E-state index contributed by atoms with van der Waals surface area (Å²) in [5.41, 5.74) is 2.35. The third-order valence-electron chi connectivity index (χ3n) is 3.40. The summed E-state index contributed by atoms with van der Waals surface area (Å²) in [7, 11) is 0. The number of rotatable bonds is 6. The zero-order chi connectivity index (χ0) is 14.4. The average Bonchev–Trinajstić information content (AvgIpc) is 2.48. The van der Waals surface area contributed by atoms with Crippen LogP contribution in [0.2, 0.25) is 0 Å². The van der Waals surface area contributed by atoms with E-state index in [1.807, 2.05) is 30.3 Å². The van der Waals surface area contributed by atoms with Crippen molar-refractivity contribution in [3.05, 3.63) is 59.7 Å². The molecule has 0 heterocycles. The molecule has 0 radical (unpaired) electrons. The van der Waals surface area contributed by atoms with E-state index < -0.39 is 0 Å². The van der Waals surface area contributed by atoms with Crippen molar-refractivity contribution in [1.29, 1.82) is 0 Å². The van der Waals surface area contributed by atoms with E-state index in [0.717, 1.165) is 30.0 Å². The minimum atomic E-state index is 0.287. The van der Waals surface area contributed by atoms with E-state index >= 15 is 0 Å². The van der Waals surface area contributed by atoms with Gasteiger partial charge < -0.3 is 10.1 Å². The van der Waals surface area contributed by atoms with Gasteiger partial charge in [-0.3, -0.25) is 0 Å². The molecule has 2 aromatic carbocycles. The Bertz CT molecular complexity index is 551. The molecule has 106 valence electrons. The first-order chi connectivity index (χ1) is 9.72. The number of aryl methyl sites for hydroxylation is 1. The highest BCUT2D eigenvalue weighted by molar-refractivity contribution is 5.42. The standard InChI is InChI=1S/C18H23NO/c1-4-13-19-15(3)16-10-6-8-12-18(16)20-17-11-7-5-9-14(17)2/h5-12,15,19H,4,13H2,1-3H3. The maximum absolute atomic E-state index is 6.10. The molecule has 2 nitrogen and oxygen atoms in total. The van der Waals surface area contributed by atoms with E-state index in [2.05, 4.69) is 44.3 Å². The average molecular weight is 269 g/mol. The first-order valence-corrected chi connectivity index (χ1v) is 7.28. The summed E-state index contributed by atoms with van der Waals surface area (Å²) in [5.74, 6) is 1.85. The molecule has 1 atom stereocenters. The summed E-state index contributed by atoms with van der Waals surface area (Å²) in [4.78, 5) is 0. The largest absolute Gasteiger partial charge is 0.457 e. The van der Waals surface area contributed by atoms with Gasteiger partial charge in [-0.15, -0.1) is 0 Å². The number of para-hydroxylation sites is 2. The normalized spacial score (nSPS) is 12.2.